The van der Waals surface area contributed by atoms with Crippen LogP contribution in [-0.4, -0.2) is 4.98 Å². The van der Waals surface area contributed by atoms with Crippen molar-refractivity contribution in [3.63, 3.8) is 0 Å². The summed E-state index contributed by atoms with van der Waals surface area (Å²) in [5.74, 6) is 0.295. The first-order valence-electron chi connectivity index (χ1n) is 14.7. The van der Waals surface area contributed by atoms with Crippen LogP contribution in [0.2, 0.25) is 0 Å². The number of benzene rings is 7. The summed E-state index contributed by atoms with van der Waals surface area (Å²) in [6.45, 7) is 0. The minimum atomic E-state index is -0.358. The highest BCUT2D eigenvalue weighted by molar-refractivity contribution is 6.21. The molecule has 0 bridgehead atoms. The molecule has 8 rings (SSSR count). The Kier molecular flexibility index (Phi) is 6.35. The summed E-state index contributed by atoms with van der Waals surface area (Å²) in [5, 5.41) is 7.34. The fourth-order valence-electron chi connectivity index (χ4n) is 6.36. The Morgan fingerprint density at radius 2 is 0.955 bits per heavy atom. The van der Waals surface area contributed by atoms with Crippen molar-refractivity contribution in [3.8, 4) is 22.3 Å². The Balaban J connectivity index is 1.32. The lowest BCUT2D eigenvalue weighted by Gasteiger charge is -2.24. The van der Waals surface area contributed by atoms with Crippen molar-refractivity contribution in [1.82, 2.24) is 4.98 Å². The normalized spacial score (nSPS) is 11.3. The van der Waals surface area contributed by atoms with Crippen LogP contribution in [0.25, 0.3) is 54.6 Å². The first-order valence-corrected chi connectivity index (χ1v) is 14.7. The number of nitrogens with zero attached hydrogens (tertiary/aromatic N) is 2. The van der Waals surface area contributed by atoms with Crippen LogP contribution in [-0.2, 0) is 0 Å². The van der Waals surface area contributed by atoms with Crippen LogP contribution in [0.5, 0.6) is 0 Å². The van der Waals surface area contributed by atoms with Crippen LogP contribution in [0.15, 0.2) is 164 Å². The van der Waals surface area contributed by atoms with Gasteiger partial charge in [-0.15, -0.1) is 0 Å². The van der Waals surface area contributed by atoms with E-state index in [1.165, 1.54) is 61.3 Å². The zero-order valence-corrected chi connectivity index (χ0v) is 23.9. The summed E-state index contributed by atoms with van der Waals surface area (Å²) in [6.07, 6.45) is 1.26. The molecular weight excluding hydrogens is 539 g/mol. The zero-order chi connectivity index (χ0) is 29.5. The van der Waals surface area contributed by atoms with Gasteiger partial charge in [0.15, 0.2) is 0 Å². The van der Waals surface area contributed by atoms with E-state index in [0.29, 0.717) is 5.82 Å². The van der Waals surface area contributed by atoms with Gasteiger partial charge in [-0.3, -0.25) is 4.90 Å². The summed E-state index contributed by atoms with van der Waals surface area (Å²) in [6, 6.07) is 54.5. The van der Waals surface area contributed by atoms with Crippen LogP contribution in [0.1, 0.15) is 0 Å². The molecule has 0 radical (unpaired) electrons. The molecule has 0 spiro atoms. The molecule has 0 aliphatic rings. The third-order valence-electron chi connectivity index (χ3n) is 8.34. The first-order chi connectivity index (χ1) is 21.7. The summed E-state index contributed by atoms with van der Waals surface area (Å²) < 4.78 is 13.8. The highest BCUT2D eigenvalue weighted by atomic mass is 19.1. The van der Waals surface area contributed by atoms with E-state index in [1.807, 2.05) is 35.2 Å². The third kappa shape index (κ3) is 4.47. The Bertz CT molecular complexity index is 2220. The quantitative estimate of drug-likeness (QED) is 0.193. The summed E-state index contributed by atoms with van der Waals surface area (Å²) >= 11 is 0. The maximum atomic E-state index is 13.8. The molecule has 0 aliphatic heterocycles. The summed E-state index contributed by atoms with van der Waals surface area (Å²) in [7, 11) is 0. The molecule has 208 valence electrons. The second kappa shape index (κ2) is 10.8. The van der Waals surface area contributed by atoms with Gasteiger partial charge in [-0.1, -0.05) is 115 Å². The molecular formula is C41H27FN2. The highest BCUT2D eigenvalue weighted by Crippen LogP contribution is 2.44. The number of pyridine rings is 1. The van der Waals surface area contributed by atoms with E-state index >= 15 is 0 Å². The molecule has 1 heterocycles. The molecule has 44 heavy (non-hydrogen) atoms. The van der Waals surface area contributed by atoms with Crippen molar-refractivity contribution in [2.75, 3.05) is 4.90 Å². The SMILES string of the molecule is Fc1ccc(N(c2ccccc2)c2ccc(-c3c4ccccc4c(-c4ccc5ccccc5c4)c4ccccc34)cc2)nc1. The topological polar surface area (TPSA) is 16.1 Å². The van der Waals surface area contributed by atoms with Crippen molar-refractivity contribution >= 4 is 49.5 Å². The van der Waals surface area contributed by atoms with Crippen LogP contribution >= 0.6 is 0 Å². The van der Waals surface area contributed by atoms with Gasteiger partial charge in [0.2, 0.25) is 0 Å². The van der Waals surface area contributed by atoms with Crippen LogP contribution in [0, 0.1) is 5.82 Å². The molecule has 0 saturated heterocycles. The molecule has 0 N–H and O–H groups in total. The molecule has 3 heteroatoms. The molecule has 0 fully saturated rings. The van der Waals surface area contributed by atoms with Crippen LogP contribution < -0.4 is 4.90 Å². The molecule has 0 unspecified atom stereocenters. The molecule has 0 aliphatic carbocycles. The second-order valence-corrected chi connectivity index (χ2v) is 11.0. The van der Waals surface area contributed by atoms with Crippen molar-refractivity contribution in [3.05, 3.63) is 170 Å². The van der Waals surface area contributed by atoms with Gasteiger partial charge in [-0.2, -0.15) is 0 Å². The largest absolute Gasteiger partial charge is 0.295 e. The number of aromatic nitrogens is 1. The van der Waals surface area contributed by atoms with E-state index in [-0.39, 0.29) is 5.82 Å². The maximum absolute atomic E-state index is 13.8. The van der Waals surface area contributed by atoms with Gasteiger partial charge in [0.25, 0.3) is 0 Å². The number of anilines is 3. The number of para-hydroxylation sites is 1. The number of hydrogen-bond donors (Lipinski definition) is 0. The van der Waals surface area contributed by atoms with Gasteiger partial charge in [-0.05, 0) is 97.0 Å². The lowest BCUT2D eigenvalue weighted by molar-refractivity contribution is 0.621. The lowest BCUT2D eigenvalue weighted by Crippen LogP contribution is -2.11. The Labute approximate surface area is 255 Å². The van der Waals surface area contributed by atoms with Gasteiger partial charge >= 0.3 is 0 Å². The molecule has 0 atom stereocenters. The molecule has 1 aromatic heterocycles. The fourth-order valence-corrected chi connectivity index (χ4v) is 6.36. The number of fused-ring (bicyclic) bond motifs is 3. The van der Waals surface area contributed by atoms with Crippen molar-refractivity contribution in [1.29, 1.82) is 0 Å². The molecule has 0 saturated carbocycles. The number of hydrogen-bond acceptors (Lipinski definition) is 2. The first kappa shape index (κ1) is 25.9. The highest BCUT2D eigenvalue weighted by Gasteiger charge is 2.18. The van der Waals surface area contributed by atoms with E-state index in [2.05, 4.69) is 120 Å². The van der Waals surface area contributed by atoms with E-state index < -0.39 is 0 Å². The van der Waals surface area contributed by atoms with Gasteiger partial charge in [0.1, 0.15) is 11.6 Å². The number of halogens is 1. The van der Waals surface area contributed by atoms with E-state index in [4.69, 9.17) is 0 Å². The smallest absolute Gasteiger partial charge is 0.141 e. The van der Waals surface area contributed by atoms with Gasteiger partial charge < -0.3 is 0 Å². The van der Waals surface area contributed by atoms with Crippen molar-refractivity contribution in [2.24, 2.45) is 0 Å². The summed E-state index contributed by atoms with van der Waals surface area (Å²) in [5.41, 5.74) is 6.70. The van der Waals surface area contributed by atoms with Crippen LogP contribution in [0.3, 0.4) is 0 Å². The van der Waals surface area contributed by atoms with Crippen molar-refractivity contribution in [2.45, 2.75) is 0 Å². The van der Waals surface area contributed by atoms with Gasteiger partial charge in [0.05, 0.1) is 6.20 Å². The van der Waals surface area contributed by atoms with Crippen LogP contribution in [0.4, 0.5) is 21.6 Å². The zero-order valence-electron chi connectivity index (χ0n) is 23.9. The average molecular weight is 567 g/mol. The summed E-state index contributed by atoms with van der Waals surface area (Å²) in [4.78, 5) is 6.45. The van der Waals surface area contributed by atoms with Crippen molar-refractivity contribution < 1.29 is 4.39 Å². The molecule has 2 nitrogen and oxygen atoms in total. The fraction of sp³-hybridized carbons (Fsp3) is 0. The average Bonchev–Trinajstić information content (AvgIpc) is 3.09. The van der Waals surface area contributed by atoms with Gasteiger partial charge in [0, 0.05) is 11.4 Å². The predicted octanol–water partition coefficient (Wildman–Crippen LogP) is 11.5. The Hall–Kier alpha value is -5.80. The maximum Gasteiger partial charge on any atom is 0.141 e. The molecule has 8 aromatic rings. The lowest BCUT2D eigenvalue weighted by atomic mass is 9.85. The number of rotatable bonds is 5. The minimum Gasteiger partial charge on any atom is -0.295 e. The minimum absolute atomic E-state index is 0.358. The standard InChI is InChI=1S/C41H27FN2/c42-32-22-25-39(43-27-32)44(33-12-2-1-3-13-33)34-23-20-29(21-24-34)40-35-14-6-8-16-37(35)41(38-17-9-7-15-36(38)40)31-19-18-28-10-4-5-11-30(28)26-31/h1-27H. The van der Waals surface area contributed by atoms with E-state index in [0.717, 1.165) is 16.9 Å². The Morgan fingerprint density at radius 3 is 1.57 bits per heavy atom. The van der Waals surface area contributed by atoms with E-state index in [1.54, 1.807) is 6.07 Å². The van der Waals surface area contributed by atoms with Gasteiger partial charge in [-0.25, -0.2) is 9.37 Å². The third-order valence-corrected chi connectivity index (χ3v) is 8.34. The van der Waals surface area contributed by atoms with E-state index in [9.17, 15) is 4.39 Å². The molecule has 0 amide bonds. The Morgan fingerprint density at radius 1 is 0.432 bits per heavy atom. The second-order valence-electron chi connectivity index (χ2n) is 11.0. The molecule has 7 aromatic carbocycles. The predicted molar refractivity (Wildman–Crippen MR) is 182 cm³/mol. The monoisotopic (exact) mass is 566 g/mol.